The number of rotatable bonds is 4. The van der Waals surface area contributed by atoms with Gasteiger partial charge in [0.05, 0.1) is 0 Å². The minimum absolute atomic E-state index is 0.0651. The van der Waals surface area contributed by atoms with Crippen LogP contribution in [0.1, 0.15) is 19.8 Å². The third-order valence-corrected chi connectivity index (χ3v) is 1.77. The van der Waals surface area contributed by atoms with E-state index in [2.05, 4.69) is 12.2 Å². The van der Waals surface area contributed by atoms with Crippen molar-refractivity contribution in [3.05, 3.63) is 42.5 Å². The number of carbonyl (C=O) groups is 1. The molecule has 0 heterocycles. The smallest absolute Gasteiger partial charge is 0.248 e. The fraction of sp³-hybridized carbons (Fsp3) is 0.250. The Morgan fingerprint density at radius 2 is 2.07 bits per heavy atom. The van der Waals surface area contributed by atoms with E-state index >= 15 is 0 Å². The molecule has 0 spiro atoms. The van der Waals surface area contributed by atoms with Crippen molar-refractivity contribution >= 4 is 11.6 Å². The van der Waals surface area contributed by atoms with E-state index in [9.17, 15) is 4.79 Å². The Morgan fingerprint density at radius 1 is 1.36 bits per heavy atom. The van der Waals surface area contributed by atoms with Gasteiger partial charge in [-0.1, -0.05) is 37.6 Å². The highest BCUT2D eigenvalue weighted by Crippen LogP contribution is 2.04. The second-order valence-electron chi connectivity index (χ2n) is 3.05. The molecule has 0 radical (unpaired) electrons. The van der Waals surface area contributed by atoms with Crippen LogP contribution in [0.2, 0.25) is 0 Å². The molecule has 0 unspecified atom stereocenters. The number of amides is 1. The predicted molar refractivity (Wildman–Crippen MR) is 59.1 cm³/mol. The highest BCUT2D eigenvalue weighted by molar-refractivity contribution is 5.99. The highest BCUT2D eigenvalue weighted by atomic mass is 16.1. The number of nitrogens with one attached hydrogen (secondary N) is 1. The van der Waals surface area contributed by atoms with Gasteiger partial charge < -0.3 is 5.32 Å². The number of anilines is 1. The first kappa shape index (κ1) is 10.5. The summed E-state index contributed by atoms with van der Waals surface area (Å²) < 4.78 is 0. The quantitative estimate of drug-likeness (QED) is 0.725. The molecule has 1 N–H and O–H groups in total. The Hall–Kier alpha value is -1.57. The maximum atomic E-state index is 11.3. The molecular formula is C12H15NO. The first-order chi connectivity index (χ1) is 6.83. The summed E-state index contributed by atoms with van der Waals surface area (Å²) in [7, 11) is 0. The van der Waals surface area contributed by atoms with Crippen LogP contribution in [0, 0.1) is 0 Å². The van der Waals surface area contributed by atoms with Gasteiger partial charge in [0.2, 0.25) is 5.91 Å². The third kappa shape index (κ3) is 3.90. The topological polar surface area (TPSA) is 29.1 Å². The first-order valence-corrected chi connectivity index (χ1v) is 4.85. The molecule has 0 aliphatic carbocycles. The maximum absolute atomic E-state index is 11.3. The van der Waals surface area contributed by atoms with Crippen molar-refractivity contribution in [2.24, 2.45) is 0 Å². The van der Waals surface area contributed by atoms with Crippen LogP contribution in [-0.2, 0) is 4.79 Å². The van der Waals surface area contributed by atoms with Crippen molar-refractivity contribution < 1.29 is 4.79 Å². The van der Waals surface area contributed by atoms with Gasteiger partial charge in [-0.05, 0) is 24.6 Å². The lowest BCUT2D eigenvalue weighted by atomic mass is 10.3. The van der Waals surface area contributed by atoms with E-state index in [-0.39, 0.29) is 5.91 Å². The Kier molecular flexibility index (Phi) is 4.48. The molecule has 0 aliphatic rings. The summed E-state index contributed by atoms with van der Waals surface area (Å²) in [4.78, 5) is 11.3. The third-order valence-electron chi connectivity index (χ3n) is 1.77. The van der Waals surface area contributed by atoms with Gasteiger partial charge in [0.15, 0.2) is 0 Å². The van der Waals surface area contributed by atoms with Gasteiger partial charge in [-0.15, -0.1) is 0 Å². The molecule has 1 aromatic carbocycles. The number of unbranched alkanes of at least 4 members (excludes halogenated alkanes) is 1. The van der Waals surface area contributed by atoms with E-state index in [1.807, 2.05) is 36.4 Å². The molecule has 0 saturated carbocycles. The SMILES string of the molecule is CCCC=CC(=O)Nc1ccccc1. The van der Waals surface area contributed by atoms with Crippen molar-refractivity contribution in [2.45, 2.75) is 19.8 Å². The van der Waals surface area contributed by atoms with Crippen LogP contribution in [0.15, 0.2) is 42.5 Å². The Morgan fingerprint density at radius 3 is 2.71 bits per heavy atom. The van der Waals surface area contributed by atoms with Gasteiger partial charge in [0.25, 0.3) is 0 Å². The lowest BCUT2D eigenvalue weighted by Gasteiger charge is -1.99. The average molecular weight is 189 g/mol. The van der Waals surface area contributed by atoms with Crippen LogP contribution in [0.3, 0.4) is 0 Å². The lowest BCUT2D eigenvalue weighted by molar-refractivity contribution is -0.111. The average Bonchev–Trinajstić information content (AvgIpc) is 2.20. The van der Waals surface area contributed by atoms with Gasteiger partial charge in [-0.2, -0.15) is 0 Å². The molecule has 0 aromatic heterocycles. The summed E-state index contributed by atoms with van der Waals surface area (Å²) >= 11 is 0. The van der Waals surface area contributed by atoms with Gasteiger partial charge >= 0.3 is 0 Å². The van der Waals surface area contributed by atoms with E-state index in [0.717, 1.165) is 18.5 Å². The summed E-state index contributed by atoms with van der Waals surface area (Å²) in [6, 6.07) is 9.44. The van der Waals surface area contributed by atoms with E-state index < -0.39 is 0 Å². The predicted octanol–water partition coefficient (Wildman–Crippen LogP) is 2.98. The zero-order chi connectivity index (χ0) is 10.2. The Bertz CT molecular complexity index is 303. The van der Waals surface area contributed by atoms with Crippen LogP contribution in [0.5, 0.6) is 0 Å². The number of hydrogen-bond donors (Lipinski definition) is 1. The summed E-state index contributed by atoms with van der Waals surface area (Å²) in [5, 5.41) is 2.78. The van der Waals surface area contributed by atoms with Gasteiger partial charge in [-0.3, -0.25) is 4.79 Å². The fourth-order valence-electron chi connectivity index (χ4n) is 1.06. The maximum Gasteiger partial charge on any atom is 0.248 e. The van der Waals surface area contributed by atoms with E-state index in [1.165, 1.54) is 0 Å². The van der Waals surface area contributed by atoms with Crippen LogP contribution in [0.4, 0.5) is 5.69 Å². The molecule has 0 aliphatic heterocycles. The minimum atomic E-state index is -0.0651. The summed E-state index contributed by atoms with van der Waals surface area (Å²) in [6.45, 7) is 2.08. The minimum Gasteiger partial charge on any atom is -0.323 e. The molecule has 0 atom stereocenters. The molecule has 1 aromatic rings. The summed E-state index contributed by atoms with van der Waals surface area (Å²) in [5.41, 5.74) is 0.832. The van der Waals surface area contributed by atoms with E-state index in [0.29, 0.717) is 0 Å². The Balaban J connectivity index is 2.42. The number of carbonyl (C=O) groups excluding carboxylic acids is 1. The van der Waals surface area contributed by atoms with Crippen molar-refractivity contribution in [2.75, 3.05) is 5.32 Å². The molecule has 2 nitrogen and oxygen atoms in total. The number of para-hydroxylation sites is 1. The normalized spacial score (nSPS) is 10.4. The van der Waals surface area contributed by atoms with E-state index in [1.54, 1.807) is 6.08 Å². The molecule has 14 heavy (non-hydrogen) atoms. The number of allylic oxidation sites excluding steroid dienone is 1. The lowest BCUT2D eigenvalue weighted by Crippen LogP contribution is -2.07. The van der Waals surface area contributed by atoms with Crippen LogP contribution < -0.4 is 5.32 Å². The van der Waals surface area contributed by atoms with Gasteiger partial charge in [0, 0.05) is 5.69 Å². The molecular weight excluding hydrogens is 174 g/mol. The van der Waals surface area contributed by atoms with Crippen molar-refractivity contribution in [1.82, 2.24) is 0 Å². The zero-order valence-corrected chi connectivity index (χ0v) is 8.36. The molecule has 74 valence electrons. The highest BCUT2D eigenvalue weighted by Gasteiger charge is 1.94. The molecule has 1 rings (SSSR count). The first-order valence-electron chi connectivity index (χ1n) is 4.85. The summed E-state index contributed by atoms with van der Waals surface area (Å²) in [6.07, 6.45) is 5.48. The number of benzene rings is 1. The van der Waals surface area contributed by atoms with Crippen molar-refractivity contribution in [3.63, 3.8) is 0 Å². The van der Waals surface area contributed by atoms with Crippen LogP contribution in [0.25, 0.3) is 0 Å². The van der Waals surface area contributed by atoms with E-state index in [4.69, 9.17) is 0 Å². The molecule has 1 amide bonds. The molecule has 0 bridgehead atoms. The Labute approximate surface area is 84.6 Å². The zero-order valence-electron chi connectivity index (χ0n) is 8.36. The van der Waals surface area contributed by atoms with Crippen molar-refractivity contribution in [3.8, 4) is 0 Å². The number of hydrogen-bond acceptors (Lipinski definition) is 1. The second-order valence-corrected chi connectivity index (χ2v) is 3.05. The molecule has 0 saturated heterocycles. The van der Waals surface area contributed by atoms with Gasteiger partial charge in [-0.25, -0.2) is 0 Å². The molecule has 2 heteroatoms. The van der Waals surface area contributed by atoms with Crippen LogP contribution >= 0.6 is 0 Å². The standard InChI is InChI=1S/C12H15NO/c1-2-3-5-10-12(14)13-11-8-6-4-7-9-11/h4-10H,2-3H2,1H3,(H,13,14). The summed E-state index contributed by atoms with van der Waals surface area (Å²) in [5.74, 6) is -0.0651. The van der Waals surface area contributed by atoms with Gasteiger partial charge in [0.1, 0.15) is 0 Å². The van der Waals surface area contributed by atoms with Crippen LogP contribution in [-0.4, -0.2) is 5.91 Å². The second kappa shape index (κ2) is 5.97. The van der Waals surface area contributed by atoms with Crippen molar-refractivity contribution in [1.29, 1.82) is 0 Å². The molecule has 0 fully saturated rings. The largest absolute Gasteiger partial charge is 0.323 e. The monoisotopic (exact) mass is 189 g/mol. The fourth-order valence-corrected chi connectivity index (χ4v) is 1.06.